The van der Waals surface area contributed by atoms with E-state index >= 15 is 0 Å². The maximum absolute atomic E-state index is 6.07. The van der Waals surface area contributed by atoms with Gasteiger partial charge in [-0.05, 0) is 67.8 Å². The van der Waals surface area contributed by atoms with Gasteiger partial charge in [-0.1, -0.05) is 43.2 Å². The van der Waals surface area contributed by atoms with Crippen molar-refractivity contribution in [2.75, 3.05) is 64.6 Å². The largest absolute Gasteiger partial charge is 0.491 e. The van der Waals surface area contributed by atoms with Crippen LogP contribution in [0.5, 0.6) is 5.75 Å². The Morgan fingerprint density at radius 2 is 1.82 bits per heavy atom. The molecule has 0 N–H and O–H groups in total. The van der Waals surface area contributed by atoms with Gasteiger partial charge in [-0.3, -0.25) is 0 Å². The second-order valence-corrected chi connectivity index (χ2v) is 9.55. The molecule has 0 aromatic heterocycles. The Bertz CT molecular complexity index is 941. The van der Waals surface area contributed by atoms with Gasteiger partial charge in [0.25, 0.3) is 0 Å². The summed E-state index contributed by atoms with van der Waals surface area (Å²) in [5.74, 6) is 0.886. The van der Waals surface area contributed by atoms with E-state index in [1.165, 1.54) is 28.0 Å². The summed E-state index contributed by atoms with van der Waals surface area (Å²) in [6.45, 7) is 11.3. The van der Waals surface area contributed by atoms with Crippen molar-refractivity contribution < 1.29 is 14.2 Å². The SMILES string of the molecule is CCCCOCCOc1ccc(-c2ccc3c(c2)C=C(C)CCN3CC2CN(C)CCO2)cc1. The van der Waals surface area contributed by atoms with Crippen LogP contribution >= 0.6 is 0 Å². The van der Waals surface area contributed by atoms with Gasteiger partial charge in [-0.15, -0.1) is 0 Å². The maximum Gasteiger partial charge on any atom is 0.119 e. The van der Waals surface area contributed by atoms with Crippen molar-refractivity contribution in [2.24, 2.45) is 0 Å². The van der Waals surface area contributed by atoms with E-state index in [1.807, 2.05) is 0 Å². The van der Waals surface area contributed by atoms with Crippen LogP contribution in [0.2, 0.25) is 0 Å². The van der Waals surface area contributed by atoms with Crippen LogP contribution in [0.3, 0.4) is 0 Å². The Morgan fingerprint density at radius 1 is 1.00 bits per heavy atom. The molecule has 0 aliphatic carbocycles. The fourth-order valence-corrected chi connectivity index (χ4v) is 4.63. The molecule has 1 atom stereocenters. The number of unbranched alkanes of at least 4 members (excludes halogenated alkanes) is 1. The Hall–Kier alpha value is -2.34. The number of morpholine rings is 1. The zero-order valence-electron chi connectivity index (χ0n) is 21.1. The van der Waals surface area contributed by atoms with Gasteiger partial charge in [0, 0.05) is 38.5 Å². The van der Waals surface area contributed by atoms with E-state index in [1.54, 1.807) is 0 Å². The molecule has 184 valence electrons. The fraction of sp³-hybridized carbons (Fsp3) is 0.517. The number of hydrogen-bond donors (Lipinski definition) is 0. The first-order chi connectivity index (χ1) is 16.6. The molecule has 4 rings (SSSR count). The van der Waals surface area contributed by atoms with Crippen LogP contribution in [0.25, 0.3) is 17.2 Å². The van der Waals surface area contributed by atoms with Gasteiger partial charge in [0.05, 0.1) is 19.3 Å². The highest BCUT2D eigenvalue weighted by molar-refractivity contribution is 5.77. The molecule has 0 spiro atoms. The fourth-order valence-electron chi connectivity index (χ4n) is 4.63. The van der Waals surface area contributed by atoms with Gasteiger partial charge in [0.15, 0.2) is 0 Å². The van der Waals surface area contributed by atoms with E-state index in [4.69, 9.17) is 14.2 Å². The minimum absolute atomic E-state index is 0.259. The number of ether oxygens (including phenoxy) is 3. The number of rotatable bonds is 10. The average Bonchev–Trinajstić information content (AvgIpc) is 2.99. The summed E-state index contributed by atoms with van der Waals surface area (Å²) < 4.78 is 17.5. The summed E-state index contributed by atoms with van der Waals surface area (Å²) in [5, 5.41) is 0. The van der Waals surface area contributed by atoms with Crippen molar-refractivity contribution in [3.63, 3.8) is 0 Å². The molecule has 0 radical (unpaired) electrons. The Balaban J connectivity index is 1.42. The van der Waals surface area contributed by atoms with Crippen LogP contribution in [0.4, 0.5) is 5.69 Å². The highest BCUT2D eigenvalue weighted by Crippen LogP contribution is 2.33. The summed E-state index contributed by atoms with van der Waals surface area (Å²) in [7, 11) is 2.18. The lowest BCUT2D eigenvalue weighted by molar-refractivity contribution is -0.0147. The molecule has 2 aliphatic rings. The molecule has 2 aliphatic heterocycles. The van der Waals surface area contributed by atoms with Gasteiger partial charge in [0.1, 0.15) is 12.4 Å². The average molecular weight is 465 g/mol. The van der Waals surface area contributed by atoms with Gasteiger partial charge >= 0.3 is 0 Å². The van der Waals surface area contributed by atoms with Crippen LogP contribution in [-0.4, -0.2) is 70.7 Å². The van der Waals surface area contributed by atoms with Crippen molar-refractivity contribution in [3.8, 4) is 16.9 Å². The van der Waals surface area contributed by atoms with Crippen molar-refractivity contribution in [1.29, 1.82) is 0 Å². The van der Waals surface area contributed by atoms with Crippen molar-refractivity contribution in [3.05, 3.63) is 53.6 Å². The molecule has 1 unspecified atom stereocenters. The molecule has 2 heterocycles. The Labute approximate surface area is 205 Å². The smallest absolute Gasteiger partial charge is 0.119 e. The zero-order valence-corrected chi connectivity index (χ0v) is 21.1. The summed E-state index contributed by atoms with van der Waals surface area (Å²) in [6.07, 6.45) is 5.96. The zero-order chi connectivity index (χ0) is 23.8. The molecule has 1 fully saturated rings. The lowest BCUT2D eigenvalue weighted by atomic mass is 10.0. The quantitative estimate of drug-likeness (QED) is 0.434. The minimum Gasteiger partial charge on any atom is -0.491 e. The standard InChI is InChI=1S/C29H40N2O3/c1-4-5-15-32-17-18-34-27-9-6-24(7-10-27)25-8-11-29-26(20-25)19-23(2)12-13-31(29)22-28-21-30(3)14-16-33-28/h6-11,19-20,28H,4-5,12-18,21-22H2,1-3H3. The number of likely N-dealkylation sites (N-methyl/N-ethyl adjacent to an activating group) is 1. The molecular formula is C29H40N2O3. The van der Waals surface area contributed by atoms with Crippen LogP contribution in [0, 0.1) is 0 Å². The number of hydrogen-bond acceptors (Lipinski definition) is 5. The molecule has 5 heteroatoms. The van der Waals surface area contributed by atoms with E-state index in [-0.39, 0.29) is 6.10 Å². The lowest BCUT2D eigenvalue weighted by Gasteiger charge is -2.35. The van der Waals surface area contributed by atoms with E-state index in [9.17, 15) is 0 Å². The van der Waals surface area contributed by atoms with E-state index in [0.29, 0.717) is 13.2 Å². The Morgan fingerprint density at radius 3 is 2.62 bits per heavy atom. The van der Waals surface area contributed by atoms with Crippen LogP contribution in [0.1, 0.15) is 38.7 Å². The summed E-state index contributed by atoms with van der Waals surface area (Å²) in [4.78, 5) is 4.88. The predicted molar refractivity (Wildman–Crippen MR) is 141 cm³/mol. The third-order valence-corrected chi connectivity index (χ3v) is 6.64. The Kier molecular flexibility index (Phi) is 9.03. The molecule has 34 heavy (non-hydrogen) atoms. The van der Waals surface area contributed by atoms with E-state index in [0.717, 1.165) is 64.4 Å². The number of anilines is 1. The maximum atomic E-state index is 6.07. The molecule has 0 bridgehead atoms. The number of fused-ring (bicyclic) bond motifs is 1. The first-order valence-electron chi connectivity index (χ1n) is 12.8. The van der Waals surface area contributed by atoms with E-state index < -0.39 is 0 Å². The molecule has 0 saturated carbocycles. The predicted octanol–water partition coefficient (Wildman–Crippen LogP) is 5.49. The number of benzene rings is 2. The van der Waals surface area contributed by atoms with Crippen molar-refractivity contribution >= 4 is 11.8 Å². The second kappa shape index (κ2) is 12.4. The highest BCUT2D eigenvalue weighted by atomic mass is 16.5. The third kappa shape index (κ3) is 6.84. The molecule has 2 aromatic carbocycles. The monoisotopic (exact) mass is 464 g/mol. The lowest BCUT2D eigenvalue weighted by Crippen LogP contribution is -2.46. The molecule has 1 saturated heterocycles. The minimum atomic E-state index is 0.259. The van der Waals surface area contributed by atoms with Gasteiger partial charge in [0.2, 0.25) is 0 Å². The molecule has 5 nitrogen and oxygen atoms in total. The first-order valence-corrected chi connectivity index (χ1v) is 12.8. The first kappa shape index (κ1) is 24.8. The molecular weight excluding hydrogens is 424 g/mol. The van der Waals surface area contributed by atoms with Crippen LogP contribution < -0.4 is 9.64 Å². The van der Waals surface area contributed by atoms with Crippen molar-refractivity contribution in [2.45, 2.75) is 39.2 Å². The third-order valence-electron chi connectivity index (χ3n) is 6.64. The normalized spacial score (nSPS) is 18.9. The molecule has 2 aromatic rings. The van der Waals surface area contributed by atoms with Gasteiger partial charge < -0.3 is 24.0 Å². The summed E-state index contributed by atoms with van der Waals surface area (Å²) in [6, 6.07) is 15.2. The van der Waals surface area contributed by atoms with Gasteiger partial charge in [-0.25, -0.2) is 0 Å². The molecule has 0 amide bonds. The summed E-state index contributed by atoms with van der Waals surface area (Å²) >= 11 is 0. The van der Waals surface area contributed by atoms with Crippen LogP contribution in [0.15, 0.2) is 48.0 Å². The van der Waals surface area contributed by atoms with Crippen LogP contribution in [-0.2, 0) is 9.47 Å². The number of nitrogens with zero attached hydrogens (tertiary/aromatic N) is 2. The van der Waals surface area contributed by atoms with Gasteiger partial charge in [-0.2, -0.15) is 0 Å². The van der Waals surface area contributed by atoms with E-state index in [2.05, 4.69) is 79.2 Å². The summed E-state index contributed by atoms with van der Waals surface area (Å²) in [5.41, 5.74) is 6.45. The second-order valence-electron chi connectivity index (χ2n) is 9.55. The van der Waals surface area contributed by atoms with Crippen molar-refractivity contribution in [1.82, 2.24) is 4.90 Å². The highest BCUT2D eigenvalue weighted by Gasteiger charge is 2.23. The topological polar surface area (TPSA) is 34.2 Å².